The summed E-state index contributed by atoms with van der Waals surface area (Å²) >= 11 is 0. The van der Waals surface area contributed by atoms with Crippen molar-refractivity contribution in [3.8, 4) is 5.75 Å². The van der Waals surface area contributed by atoms with Crippen LogP contribution in [0.2, 0.25) is 0 Å². The number of aryl methyl sites for hydroxylation is 3. The lowest BCUT2D eigenvalue weighted by Gasteiger charge is -2.14. The maximum Gasteiger partial charge on any atom is 0.262 e. The van der Waals surface area contributed by atoms with Crippen molar-refractivity contribution in [1.29, 1.82) is 0 Å². The summed E-state index contributed by atoms with van der Waals surface area (Å²) in [6.45, 7) is 6.09. The van der Waals surface area contributed by atoms with Crippen LogP contribution in [0.3, 0.4) is 0 Å². The zero-order valence-corrected chi connectivity index (χ0v) is 14.4. The molecule has 0 aromatic heterocycles. The molecule has 0 heterocycles. The Morgan fingerprint density at radius 3 is 2.22 bits per heavy atom. The van der Waals surface area contributed by atoms with Gasteiger partial charge in [-0.25, -0.2) is 0 Å². The molecule has 23 heavy (non-hydrogen) atoms. The van der Waals surface area contributed by atoms with Crippen LogP contribution < -0.4 is 15.0 Å². The van der Waals surface area contributed by atoms with Crippen molar-refractivity contribution >= 4 is 17.3 Å². The van der Waals surface area contributed by atoms with E-state index in [1.54, 1.807) is 0 Å². The lowest BCUT2D eigenvalue weighted by molar-refractivity contribution is -0.118. The Bertz CT molecular complexity index is 691. The van der Waals surface area contributed by atoms with Gasteiger partial charge >= 0.3 is 0 Å². The number of amides is 1. The molecule has 1 amide bonds. The molecule has 4 nitrogen and oxygen atoms in total. The number of rotatable bonds is 5. The first kappa shape index (κ1) is 16.9. The molecule has 0 unspecified atom stereocenters. The molecule has 2 rings (SSSR count). The largest absolute Gasteiger partial charge is 0.483 e. The van der Waals surface area contributed by atoms with Crippen molar-refractivity contribution in [2.45, 2.75) is 20.8 Å². The van der Waals surface area contributed by atoms with Gasteiger partial charge in [0.2, 0.25) is 0 Å². The van der Waals surface area contributed by atoms with E-state index in [2.05, 4.69) is 18.3 Å². The number of carbonyl (C=O) groups excluding carboxylic acids is 1. The van der Waals surface area contributed by atoms with Crippen molar-refractivity contribution < 1.29 is 9.53 Å². The van der Waals surface area contributed by atoms with Gasteiger partial charge in [-0.05, 0) is 67.8 Å². The Morgan fingerprint density at radius 1 is 1.00 bits per heavy atom. The molecule has 0 atom stereocenters. The summed E-state index contributed by atoms with van der Waals surface area (Å²) in [6.07, 6.45) is 0. The molecule has 122 valence electrons. The second-order valence-corrected chi connectivity index (χ2v) is 5.98. The fraction of sp³-hybridized carbons (Fsp3) is 0.316. The number of ether oxygens (including phenoxy) is 1. The van der Waals surface area contributed by atoms with Crippen LogP contribution >= 0.6 is 0 Å². The third-order valence-corrected chi connectivity index (χ3v) is 3.82. The maximum absolute atomic E-state index is 12.0. The fourth-order valence-corrected chi connectivity index (χ4v) is 2.27. The summed E-state index contributed by atoms with van der Waals surface area (Å²) in [6, 6.07) is 11.7. The lowest BCUT2D eigenvalue weighted by Crippen LogP contribution is -2.20. The van der Waals surface area contributed by atoms with Crippen LogP contribution in [0.25, 0.3) is 0 Å². The molecular weight excluding hydrogens is 288 g/mol. The molecule has 0 fully saturated rings. The van der Waals surface area contributed by atoms with Gasteiger partial charge < -0.3 is 15.0 Å². The normalized spacial score (nSPS) is 10.3. The highest BCUT2D eigenvalue weighted by molar-refractivity contribution is 5.92. The van der Waals surface area contributed by atoms with E-state index in [9.17, 15) is 4.79 Å². The monoisotopic (exact) mass is 312 g/mol. The van der Waals surface area contributed by atoms with Crippen LogP contribution in [0.15, 0.2) is 36.4 Å². The molecule has 0 spiro atoms. The molecule has 0 aliphatic heterocycles. The number of nitrogens with zero attached hydrogens (tertiary/aromatic N) is 1. The second kappa shape index (κ2) is 7.18. The molecule has 0 saturated carbocycles. The minimum absolute atomic E-state index is 0.00122. The molecule has 0 saturated heterocycles. The summed E-state index contributed by atoms with van der Waals surface area (Å²) in [5, 5.41) is 2.84. The first-order chi connectivity index (χ1) is 10.9. The SMILES string of the molecule is Cc1cc(C)c(OCC(=O)Nc2ccc(N(C)C)cc2)cc1C. The summed E-state index contributed by atoms with van der Waals surface area (Å²) in [5.74, 6) is 0.589. The predicted molar refractivity (Wildman–Crippen MR) is 95.5 cm³/mol. The molecule has 1 N–H and O–H groups in total. The number of carbonyl (C=O) groups is 1. The van der Waals surface area contributed by atoms with Crippen molar-refractivity contribution in [1.82, 2.24) is 0 Å². The number of benzene rings is 2. The van der Waals surface area contributed by atoms with E-state index in [1.165, 1.54) is 5.56 Å². The maximum atomic E-state index is 12.0. The molecule has 0 aliphatic rings. The van der Waals surface area contributed by atoms with E-state index in [1.807, 2.05) is 63.2 Å². The molecule has 0 aliphatic carbocycles. The van der Waals surface area contributed by atoms with Crippen LogP contribution in [-0.2, 0) is 4.79 Å². The first-order valence-corrected chi connectivity index (χ1v) is 7.64. The van der Waals surface area contributed by atoms with Gasteiger partial charge in [-0.3, -0.25) is 4.79 Å². The highest BCUT2D eigenvalue weighted by Gasteiger charge is 2.07. The van der Waals surface area contributed by atoms with Crippen LogP contribution in [0, 0.1) is 20.8 Å². The average molecular weight is 312 g/mol. The minimum atomic E-state index is -0.166. The first-order valence-electron chi connectivity index (χ1n) is 7.64. The van der Waals surface area contributed by atoms with Crippen molar-refractivity contribution in [2.75, 3.05) is 30.9 Å². The highest BCUT2D eigenvalue weighted by atomic mass is 16.5. The number of anilines is 2. The summed E-state index contributed by atoms with van der Waals surface area (Å²) < 4.78 is 5.65. The molecule has 2 aromatic rings. The number of nitrogens with one attached hydrogen (secondary N) is 1. The van der Waals surface area contributed by atoms with E-state index in [0.29, 0.717) is 0 Å². The Kier molecular flexibility index (Phi) is 5.27. The van der Waals surface area contributed by atoms with Gasteiger partial charge in [0.05, 0.1) is 0 Å². The molecule has 0 radical (unpaired) electrons. The van der Waals surface area contributed by atoms with Gasteiger partial charge in [0.15, 0.2) is 6.61 Å². The van der Waals surface area contributed by atoms with Gasteiger partial charge in [0, 0.05) is 25.5 Å². The smallest absolute Gasteiger partial charge is 0.262 e. The Morgan fingerprint density at radius 2 is 1.61 bits per heavy atom. The number of hydrogen-bond donors (Lipinski definition) is 1. The average Bonchev–Trinajstić information content (AvgIpc) is 2.50. The zero-order chi connectivity index (χ0) is 17.0. The van der Waals surface area contributed by atoms with Crippen molar-refractivity contribution in [3.05, 3.63) is 53.1 Å². The molecular formula is C19H24N2O2. The van der Waals surface area contributed by atoms with E-state index in [4.69, 9.17) is 4.74 Å². The van der Waals surface area contributed by atoms with E-state index < -0.39 is 0 Å². The molecule has 0 bridgehead atoms. The standard InChI is InChI=1S/C19H24N2O2/c1-13-10-15(3)18(11-14(13)2)23-12-19(22)20-16-6-8-17(9-7-16)21(4)5/h6-11H,12H2,1-5H3,(H,20,22). The Labute approximate surface area is 138 Å². The Balaban J connectivity index is 1.94. The van der Waals surface area contributed by atoms with Crippen LogP contribution in [0.1, 0.15) is 16.7 Å². The highest BCUT2D eigenvalue weighted by Crippen LogP contribution is 2.22. The fourth-order valence-electron chi connectivity index (χ4n) is 2.27. The van der Waals surface area contributed by atoms with Gasteiger partial charge in [-0.2, -0.15) is 0 Å². The second-order valence-electron chi connectivity index (χ2n) is 5.98. The number of hydrogen-bond acceptors (Lipinski definition) is 3. The van der Waals surface area contributed by atoms with Gasteiger partial charge in [-0.15, -0.1) is 0 Å². The lowest BCUT2D eigenvalue weighted by atomic mass is 10.1. The van der Waals surface area contributed by atoms with E-state index in [-0.39, 0.29) is 12.5 Å². The summed E-state index contributed by atoms with van der Waals surface area (Å²) in [4.78, 5) is 14.0. The van der Waals surface area contributed by atoms with Crippen molar-refractivity contribution in [2.24, 2.45) is 0 Å². The Hall–Kier alpha value is -2.49. The van der Waals surface area contributed by atoms with Crippen LogP contribution in [-0.4, -0.2) is 26.6 Å². The van der Waals surface area contributed by atoms with E-state index >= 15 is 0 Å². The predicted octanol–water partition coefficient (Wildman–Crippen LogP) is 3.70. The van der Waals surface area contributed by atoms with Gasteiger partial charge in [-0.1, -0.05) is 6.07 Å². The quantitative estimate of drug-likeness (QED) is 0.915. The minimum Gasteiger partial charge on any atom is -0.483 e. The van der Waals surface area contributed by atoms with Crippen molar-refractivity contribution in [3.63, 3.8) is 0 Å². The topological polar surface area (TPSA) is 41.6 Å². The summed E-state index contributed by atoms with van der Waals surface area (Å²) in [7, 11) is 3.96. The van der Waals surface area contributed by atoms with Gasteiger partial charge in [0.25, 0.3) is 5.91 Å². The van der Waals surface area contributed by atoms with Gasteiger partial charge in [0.1, 0.15) is 5.75 Å². The van der Waals surface area contributed by atoms with Crippen LogP contribution in [0.4, 0.5) is 11.4 Å². The zero-order valence-electron chi connectivity index (χ0n) is 14.4. The third-order valence-electron chi connectivity index (χ3n) is 3.82. The molecule has 4 heteroatoms. The van der Waals surface area contributed by atoms with E-state index in [0.717, 1.165) is 28.3 Å². The third kappa shape index (κ3) is 4.49. The summed E-state index contributed by atoms with van der Waals surface area (Å²) in [5.41, 5.74) is 5.27. The van der Waals surface area contributed by atoms with Crippen LogP contribution in [0.5, 0.6) is 5.75 Å². The molecule has 2 aromatic carbocycles.